The number of aromatic nitrogens is 2. The maximum atomic E-state index is 6.16. The highest BCUT2D eigenvalue weighted by molar-refractivity contribution is 5.24. The number of nitrogens with two attached hydrogens (primary N) is 1. The van der Waals surface area contributed by atoms with Gasteiger partial charge in [-0.25, -0.2) is 9.97 Å². The molecule has 1 aliphatic rings. The van der Waals surface area contributed by atoms with Crippen molar-refractivity contribution in [2.24, 2.45) is 5.73 Å². The van der Waals surface area contributed by atoms with E-state index in [1.54, 1.807) is 7.11 Å². The average Bonchev–Trinajstić information content (AvgIpc) is 2.59. The molecular formula is C14H23N3O. The van der Waals surface area contributed by atoms with E-state index >= 15 is 0 Å². The lowest BCUT2D eigenvalue weighted by molar-refractivity contribution is -0.00921. The van der Waals surface area contributed by atoms with E-state index in [2.05, 4.69) is 11.9 Å². The van der Waals surface area contributed by atoms with E-state index in [4.69, 9.17) is 15.5 Å². The van der Waals surface area contributed by atoms with Crippen LogP contribution in [0.5, 0.6) is 0 Å². The van der Waals surface area contributed by atoms with Crippen LogP contribution in [0.1, 0.15) is 62.7 Å². The molecule has 0 saturated heterocycles. The van der Waals surface area contributed by atoms with Gasteiger partial charge in [-0.2, -0.15) is 0 Å². The fourth-order valence-electron chi connectivity index (χ4n) is 2.40. The maximum absolute atomic E-state index is 6.16. The minimum Gasteiger partial charge on any atom is -0.371 e. The van der Waals surface area contributed by atoms with Gasteiger partial charge in [-0.1, -0.05) is 13.3 Å². The second-order valence-corrected chi connectivity index (χ2v) is 5.24. The number of nitrogens with zero attached hydrogens (tertiary/aromatic N) is 2. The van der Waals surface area contributed by atoms with Gasteiger partial charge < -0.3 is 10.5 Å². The molecule has 2 atom stereocenters. The van der Waals surface area contributed by atoms with Crippen LogP contribution in [-0.2, 0) is 16.8 Å². The number of rotatable bonds is 3. The monoisotopic (exact) mass is 249 g/mol. The smallest absolute Gasteiger partial charge is 0.160 e. The van der Waals surface area contributed by atoms with E-state index < -0.39 is 5.60 Å². The number of fused-ring (bicyclic) bond motifs is 1. The molecule has 1 heterocycles. The first kappa shape index (κ1) is 13.4. The highest BCUT2D eigenvalue weighted by Gasteiger charge is 2.29. The van der Waals surface area contributed by atoms with E-state index in [9.17, 15) is 0 Å². The SMILES string of the molecule is CCC(C)(OC)c1ncc2c(n1)CCCCC2N. The maximum Gasteiger partial charge on any atom is 0.160 e. The lowest BCUT2D eigenvalue weighted by atomic mass is 10.0. The van der Waals surface area contributed by atoms with Gasteiger partial charge in [0, 0.05) is 30.6 Å². The summed E-state index contributed by atoms with van der Waals surface area (Å²) in [6.07, 6.45) is 7.12. The third kappa shape index (κ3) is 2.40. The van der Waals surface area contributed by atoms with Crippen LogP contribution in [0, 0.1) is 0 Å². The quantitative estimate of drug-likeness (QED) is 0.836. The second kappa shape index (κ2) is 5.33. The molecule has 0 amide bonds. The Bertz CT molecular complexity index is 416. The molecule has 0 aromatic carbocycles. The number of aryl methyl sites for hydroxylation is 1. The molecule has 100 valence electrons. The normalized spacial score (nSPS) is 23.0. The summed E-state index contributed by atoms with van der Waals surface area (Å²) in [6.45, 7) is 4.12. The van der Waals surface area contributed by atoms with Gasteiger partial charge in [0.2, 0.25) is 0 Å². The summed E-state index contributed by atoms with van der Waals surface area (Å²) < 4.78 is 5.57. The summed E-state index contributed by atoms with van der Waals surface area (Å²) in [5.41, 5.74) is 7.99. The Morgan fingerprint density at radius 1 is 1.50 bits per heavy atom. The Morgan fingerprint density at radius 2 is 2.28 bits per heavy atom. The fraction of sp³-hybridized carbons (Fsp3) is 0.714. The molecule has 4 nitrogen and oxygen atoms in total. The minimum atomic E-state index is -0.397. The van der Waals surface area contributed by atoms with Crippen molar-refractivity contribution < 1.29 is 4.74 Å². The molecule has 0 bridgehead atoms. The zero-order valence-corrected chi connectivity index (χ0v) is 11.6. The molecular weight excluding hydrogens is 226 g/mol. The molecule has 0 fully saturated rings. The predicted octanol–water partition coefficient (Wildman–Crippen LogP) is 2.47. The molecule has 1 aromatic rings. The Hall–Kier alpha value is -1.00. The van der Waals surface area contributed by atoms with Crippen LogP contribution in [0.4, 0.5) is 0 Å². The van der Waals surface area contributed by atoms with Crippen LogP contribution in [0.15, 0.2) is 6.20 Å². The zero-order valence-electron chi connectivity index (χ0n) is 11.6. The zero-order chi connectivity index (χ0) is 13.2. The van der Waals surface area contributed by atoms with Gasteiger partial charge in [0.05, 0.1) is 0 Å². The first-order chi connectivity index (χ1) is 8.60. The molecule has 1 aliphatic carbocycles. The first-order valence-electron chi connectivity index (χ1n) is 6.77. The molecule has 0 saturated carbocycles. The van der Waals surface area contributed by atoms with Crippen molar-refractivity contribution in [1.82, 2.24) is 9.97 Å². The molecule has 2 unspecified atom stereocenters. The summed E-state index contributed by atoms with van der Waals surface area (Å²) in [6, 6.07) is 0.0898. The van der Waals surface area contributed by atoms with Gasteiger partial charge in [0.1, 0.15) is 5.60 Å². The molecule has 18 heavy (non-hydrogen) atoms. The topological polar surface area (TPSA) is 61.0 Å². The van der Waals surface area contributed by atoms with Gasteiger partial charge in [0.15, 0.2) is 5.82 Å². The molecule has 0 aliphatic heterocycles. The Morgan fingerprint density at radius 3 is 2.94 bits per heavy atom. The van der Waals surface area contributed by atoms with E-state index in [1.807, 2.05) is 13.1 Å². The van der Waals surface area contributed by atoms with Crippen LogP contribution < -0.4 is 5.73 Å². The Labute approximate surface area is 109 Å². The number of methoxy groups -OCH3 is 1. The molecule has 2 rings (SSSR count). The van der Waals surface area contributed by atoms with Crippen LogP contribution in [0.25, 0.3) is 0 Å². The van der Waals surface area contributed by atoms with E-state index in [-0.39, 0.29) is 6.04 Å². The summed E-state index contributed by atoms with van der Waals surface area (Å²) in [7, 11) is 1.71. The highest BCUT2D eigenvalue weighted by Crippen LogP contribution is 2.29. The largest absolute Gasteiger partial charge is 0.371 e. The van der Waals surface area contributed by atoms with Crippen molar-refractivity contribution in [3.05, 3.63) is 23.3 Å². The summed E-state index contributed by atoms with van der Waals surface area (Å²) in [5, 5.41) is 0. The third-order valence-electron chi connectivity index (χ3n) is 4.08. The van der Waals surface area contributed by atoms with Crippen molar-refractivity contribution in [2.45, 2.75) is 57.6 Å². The number of ether oxygens (including phenoxy) is 1. The molecule has 4 heteroatoms. The molecule has 2 N–H and O–H groups in total. The van der Waals surface area contributed by atoms with E-state index in [1.165, 1.54) is 6.42 Å². The van der Waals surface area contributed by atoms with E-state index in [0.717, 1.165) is 42.8 Å². The second-order valence-electron chi connectivity index (χ2n) is 5.24. The Balaban J connectivity index is 2.40. The average molecular weight is 249 g/mol. The minimum absolute atomic E-state index is 0.0898. The van der Waals surface area contributed by atoms with E-state index in [0.29, 0.717) is 0 Å². The lowest BCUT2D eigenvalue weighted by Gasteiger charge is -2.26. The predicted molar refractivity (Wildman–Crippen MR) is 71.2 cm³/mol. The summed E-state index contributed by atoms with van der Waals surface area (Å²) in [5.74, 6) is 0.778. The lowest BCUT2D eigenvalue weighted by Crippen LogP contribution is -2.27. The van der Waals surface area contributed by atoms with Crippen molar-refractivity contribution in [3.63, 3.8) is 0 Å². The van der Waals surface area contributed by atoms with Crippen LogP contribution >= 0.6 is 0 Å². The van der Waals surface area contributed by atoms with Crippen LogP contribution in [0.3, 0.4) is 0 Å². The van der Waals surface area contributed by atoms with Crippen LogP contribution in [0.2, 0.25) is 0 Å². The van der Waals surface area contributed by atoms with Gasteiger partial charge in [-0.3, -0.25) is 0 Å². The van der Waals surface area contributed by atoms with Crippen molar-refractivity contribution in [1.29, 1.82) is 0 Å². The Kier molecular flexibility index (Phi) is 3.97. The third-order valence-corrected chi connectivity index (χ3v) is 4.08. The van der Waals surface area contributed by atoms with Crippen molar-refractivity contribution in [2.75, 3.05) is 7.11 Å². The molecule has 0 radical (unpaired) electrons. The molecule has 1 aromatic heterocycles. The first-order valence-corrected chi connectivity index (χ1v) is 6.77. The summed E-state index contributed by atoms with van der Waals surface area (Å²) >= 11 is 0. The molecule has 0 spiro atoms. The number of hydrogen-bond donors (Lipinski definition) is 1. The van der Waals surface area contributed by atoms with Gasteiger partial charge in [-0.15, -0.1) is 0 Å². The van der Waals surface area contributed by atoms with Gasteiger partial charge in [-0.05, 0) is 32.6 Å². The van der Waals surface area contributed by atoms with Crippen molar-refractivity contribution in [3.8, 4) is 0 Å². The summed E-state index contributed by atoms with van der Waals surface area (Å²) in [4.78, 5) is 9.20. The highest BCUT2D eigenvalue weighted by atomic mass is 16.5. The number of hydrogen-bond acceptors (Lipinski definition) is 4. The van der Waals surface area contributed by atoms with Gasteiger partial charge in [0.25, 0.3) is 0 Å². The van der Waals surface area contributed by atoms with Crippen molar-refractivity contribution >= 4 is 0 Å². The van der Waals surface area contributed by atoms with Gasteiger partial charge >= 0.3 is 0 Å². The standard InChI is InChI=1S/C14H23N3O/c1-4-14(2,18-3)13-16-9-10-11(15)7-5-6-8-12(10)17-13/h9,11H,4-8,15H2,1-3H3. The van der Waals surface area contributed by atoms with Crippen LogP contribution in [-0.4, -0.2) is 17.1 Å². The fourth-order valence-corrected chi connectivity index (χ4v) is 2.40.